The number of nitrogens with one attached hydrogen (secondary N) is 2. The van der Waals surface area contributed by atoms with Crippen molar-refractivity contribution in [3.05, 3.63) is 71.8 Å². The van der Waals surface area contributed by atoms with E-state index in [9.17, 15) is 19.8 Å². The third kappa shape index (κ3) is 6.05. The van der Waals surface area contributed by atoms with Crippen molar-refractivity contribution in [2.45, 2.75) is 32.2 Å². The molecular formula is C24H25N3O4. The van der Waals surface area contributed by atoms with Crippen molar-refractivity contribution in [3.8, 4) is 11.5 Å². The van der Waals surface area contributed by atoms with Gasteiger partial charge in [-0.25, -0.2) is 5.43 Å². The molecule has 160 valence electrons. The first-order valence-corrected chi connectivity index (χ1v) is 9.85. The molecule has 0 fully saturated rings. The lowest BCUT2D eigenvalue weighted by atomic mass is 9.94. The largest absolute Gasteiger partial charge is 0.508 e. The number of carbonyl (C=O) groups excluding carboxylic acids is 2. The van der Waals surface area contributed by atoms with Gasteiger partial charge in [0, 0.05) is 11.1 Å². The minimum Gasteiger partial charge on any atom is -0.508 e. The average molecular weight is 419 g/mol. The van der Waals surface area contributed by atoms with Gasteiger partial charge in [-0.1, -0.05) is 42.5 Å². The van der Waals surface area contributed by atoms with Crippen LogP contribution < -0.4 is 10.7 Å². The third-order valence-electron chi connectivity index (χ3n) is 4.71. The molecule has 3 aromatic carbocycles. The summed E-state index contributed by atoms with van der Waals surface area (Å²) in [6, 6.07) is 17.6. The topological polar surface area (TPSA) is 111 Å². The number of hydrogen-bond donors (Lipinski definition) is 4. The molecule has 0 bridgehead atoms. The van der Waals surface area contributed by atoms with Crippen LogP contribution in [0.4, 0.5) is 0 Å². The molecule has 0 aliphatic heterocycles. The standard InChI is InChI=1S/C24H25N3O4/c1-24(2,14-16-7-10-18(28)11-8-16)26-22(30)13-23(31)27-25-15-20-19-6-4-3-5-17(19)9-12-21(20)29/h3-12,15,28-29H,13-14H2,1-2H3,(H,26,30)(H,27,31). The predicted octanol–water partition coefficient (Wildman–Crippen LogP) is 3.23. The quantitative estimate of drug-likeness (QED) is 0.268. The summed E-state index contributed by atoms with van der Waals surface area (Å²) in [5.41, 5.74) is 3.18. The molecular weight excluding hydrogens is 394 g/mol. The van der Waals surface area contributed by atoms with E-state index in [4.69, 9.17) is 0 Å². The van der Waals surface area contributed by atoms with E-state index < -0.39 is 17.4 Å². The Balaban J connectivity index is 1.55. The second-order valence-corrected chi connectivity index (χ2v) is 7.96. The molecule has 31 heavy (non-hydrogen) atoms. The smallest absolute Gasteiger partial charge is 0.249 e. The van der Waals surface area contributed by atoms with Gasteiger partial charge in [0.15, 0.2) is 0 Å². The third-order valence-corrected chi connectivity index (χ3v) is 4.71. The van der Waals surface area contributed by atoms with E-state index >= 15 is 0 Å². The minimum absolute atomic E-state index is 0.0467. The average Bonchev–Trinajstić information content (AvgIpc) is 2.70. The summed E-state index contributed by atoms with van der Waals surface area (Å²) in [5, 5.41) is 27.9. The predicted molar refractivity (Wildman–Crippen MR) is 120 cm³/mol. The number of phenols is 2. The van der Waals surface area contributed by atoms with Gasteiger partial charge in [-0.2, -0.15) is 5.10 Å². The Labute approximate surface area is 180 Å². The summed E-state index contributed by atoms with van der Waals surface area (Å²) in [5.74, 6) is -0.761. The fourth-order valence-corrected chi connectivity index (χ4v) is 3.36. The minimum atomic E-state index is -0.577. The Morgan fingerprint density at radius 2 is 1.68 bits per heavy atom. The van der Waals surface area contributed by atoms with Gasteiger partial charge >= 0.3 is 0 Å². The van der Waals surface area contributed by atoms with Gasteiger partial charge in [-0.05, 0) is 54.8 Å². The first-order valence-electron chi connectivity index (χ1n) is 9.85. The SMILES string of the molecule is CC(C)(Cc1ccc(O)cc1)NC(=O)CC(=O)NN=Cc1c(O)ccc2ccccc12. The highest BCUT2D eigenvalue weighted by molar-refractivity contribution is 6.03. The molecule has 4 N–H and O–H groups in total. The first-order chi connectivity index (χ1) is 14.7. The number of hydrogen-bond acceptors (Lipinski definition) is 5. The summed E-state index contributed by atoms with van der Waals surface area (Å²) in [6.07, 6.45) is 1.53. The van der Waals surface area contributed by atoms with Gasteiger partial charge in [0.2, 0.25) is 11.8 Å². The van der Waals surface area contributed by atoms with Crippen LogP contribution >= 0.6 is 0 Å². The number of phenolic OH excluding ortho intramolecular Hbond substituents is 2. The summed E-state index contributed by atoms with van der Waals surface area (Å²) >= 11 is 0. The molecule has 7 nitrogen and oxygen atoms in total. The normalized spacial score (nSPS) is 11.5. The summed E-state index contributed by atoms with van der Waals surface area (Å²) in [4.78, 5) is 24.4. The molecule has 0 saturated heterocycles. The van der Waals surface area contributed by atoms with E-state index in [1.165, 1.54) is 6.21 Å². The van der Waals surface area contributed by atoms with E-state index in [1.54, 1.807) is 36.4 Å². The van der Waals surface area contributed by atoms with Gasteiger partial charge in [0.25, 0.3) is 0 Å². The van der Waals surface area contributed by atoms with Crippen LogP contribution in [0.3, 0.4) is 0 Å². The highest BCUT2D eigenvalue weighted by Gasteiger charge is 2.22. The summed E-state index contributed by atoms with van der Waals surface area (Å²) in [6.45, 7) is 3.72. The van der Waals surface area contributed by atoms with E-state index in [-0.39, 0.29) is 17.9 Å². The molecule has 0 atom stereocenters. The molecule has 0 unspecified atom stereocenters. The number of nitrogens with zero attached hydrogens (tertiary/aromatic N) is 1. The highest BCUT2D eigenvalue weighted by Crippen LogP contribution is 2.25. The molecule has 2 amide bonds. The van der Waals surface area contributed by atoms with Crippen LogP contribution in [-0.4, -0.2) is 33.8 Å². The Morgan fingerprint density at radius 3 is 2.42 bits per heavy atom. The number of carbonyl (C=O) groups is 2. The Hall–Kier alpha value is -3.87. The Bertz CT molecular complexity index is 1120. The zero-order chi connectivity index (χ0) is 22.4. The molecule has 0 aromatic heterocycles. The second kappa shape index (κ2) is 9.30. The van der Waals surface area contributed by atoms with Gasteiger partial charge in [0.1, 0.15) is 17.9 Å². The maximum absolute atomic E-state index is 12.3. The zero-order valence-electron chi connectivity index (χ0n) is 17.4. The fraction of sp³-hybridized carbons (Fsp3) is 0.208. The maximum atomic E-state index is 12.3. The van der Waals surface area contributed by atoms with Crippen molar-refractivity contribution in [2.75, 3.05) is 0 Å². The second-order valence-electron chi connectivity index (χ2n) is 7.96. The lowest BCUT2D eigenvalue weighted by Crippen LogP contribution is -2.46. The highest BCUT2D eigenvalue weighted by atomic mass is 16.3. The molecule has 0 aliphatic rings. The van der Waals surface area contributed by atoms with Crippen LogP contribution in [0.25, 0.3) is 10.8 Å². The molecule has 3 aromatic rings. The van der Waals surface area contributed by atoms with Gasteiger partial charge in [-0.3, -0.25) is 9.59 Å². The maximum Gasteiger partial charge on any atom is 0.249 e. The van der Waals surface area contributed by atoms with Crippen LogP contribution in [0, 0.1) is 0 Å². The molecule has 0 radical (unpaired) electrons. The van der Waals surface area contributed by atoms with E-state index in [1.807, 2.05) is 38.1 Å². The number of fused-ring (bicyclic) bond motifs is 1. The molecule has 7 heteroatoms. The Morgan fingerprint density at radius 1 is 0.968 bits per heavy atom. The van der Waals surface area contributed by atoms with Crippen LogP contribution in [0.5, 0.6) is 11.5 Å². The number of benzene rings is 3. The lowest BCUT2D eigenvalue weighted by molar-refractivity contribution is -0.130. The van der Waals surface area contributed by atoms with Gasteiger partial charge < -0.3 is 15.5 Å². The van der Waals surface area contributed by atoms with Crippen molar-refractivity contribution >= 4 is 28.8 Å². The van der Waals surface area contributed by atoms with Crippen LogP contribution in [0.2, 0.25) is 0 Å². The van der Waals surface area contributed by atoms with Crippen molar-refractivity contribution in [1.29, 1.82) is 0 Å². The number of amides is 2. The van der Waals surface area contributed by atoms with Gasteiger partial charge in [0.05, 0.1) is 6.21 Å². The summed E-state index contributed by atoms with van der Waals surface area (Å²) in [7, 11) is 0. The van der Waals surface area contributed by atoms with Crippen molar-refractivity contribution in [2.24, 2.45) is 5.10 Å². The van der Waals surface area contributed by atoms with Crippen molar-refractivity contribution in [3.63, 3.8) is 0 Å². The van der Waals surface area contributed by atoms with E-state index in [0.29, 0.717) is 12.0 Å². The number of rotatable bonds is 7. The van der Waals surface area contributed by atoms with Crippen molar-refractivity contribution < 1.29 is 19.8 Å². The van der Waals surface area contributed by atoms with E-state index in [0.717, 1.165) is 16.3 Å². The van der Waals surface area contributed by atoms with Crippen molar-refractivity contribution in [1.82, 2.24) is 10.7 Å². The van der Waals surface area contributed by atoms with Crippen LogP contribution in [0.15, 0.2) is 65.8 Å². The lowest BCUT2D eigenvalue weighted by Gasteiger charge is -2.26. The monoisotopic (exact) mass is 419 g/mol. The van der Waals surface area contributed by atoms with Gasteiger partial charge in [-0.15, -0.1) is 0 Å². The molecule has 0 saturated carbocycles. The molecule has 3 rings (SSSR count). The fourth-order valence-electron chi connectivity index (χ4n) is 3.36. The number of hydrazone groups is 1. The Kier molecular flexibility index (Phi) is 6.55. The summed E-state index contributed by atoms with van der Waals surface area (Å²) < 4.78 is 0. The van der Waals surface area contributed by atoms with Crippen LogP contribution in [-0.2, 0) is 16.0 Å². The molecule has 0 aliphatic carbocycles. The number of aromatic hydroxyl groups is 2. The zero-order valence-corrected chi connectivity index (χ0v) is 17.4. The molecule has 0 heterocycles. The van der Waals surface area contributed by atoms with Crippen LogP contribution in [0.1, 0.15) is 31.4 Å². The van der Waals surface area contributed by atoms with E-state index in [2.05, 4.69) is 15.8 Å². The first kappa shape index (κ1) is 21.8. The molecule has 0 spiro atoms.